The summed E-state index contributed by atoms with van der Waals surface area (Å²) in [5.74, 6) is 1.29. The first-order valence-electron chi connectivity index (χ1n) is 10.8. The van der Waals surface area contributed by atoms with Crippen LogP contribution in [0.2, 0.25) is 0 Å². The lowest BCUT2D eigenvalue weighted by atomic mass is 10.2. The van der Waals surface area contributed by atoms with Crippen LogP contribution >= 0.6 is 11.8 Å². The predicted molar refractivity (Wildman–Crippen MR) is 116 cm³/mol. The van der Waals surface area contributed by atoms with E-state index in [1.54, 1.807) is 0 Å². The highest BCUT2D eigenvalue weighted by Crippen LogP contribution is 2.31. The number of thioether (sulfide) groups is 1. The van der Waals surface area contributed by atoms with Crippen LogP contribution in [0.15, 0.2) is 23.5 Å². The summed E-state index contributed by atoms with van der Waals surface area (Å²) in [6.45, 7) is 7.96. The lowest BCUT2D eigenvalue weighted by Crippen LogP contribution is -2.46. The van der Waals surface area contributed by atoms with Crippen molar-refractivity contribution in [1.82, 2.24) is 35.4 Å². The fourth-order valence-electron chi connectivity index (χ4n) is 4.04. The summed E-state index contributed by atoms with van der Waals surface area (Å²) in [5.41, 5.74) is 1.00. The molecule has 1 amide bonds. The summed E-state index contributed by atoms with van der Waals surface area (Å²) in [7, 11) is 0. The van der Waals surface area contributed by atoms with Crippen LogP contribution in [-0.2, 0) is 11.3 Å². The number of aromatic nitrogens is 5. The van der Waals surface area contributed by atoms with Gasteiger partial charge in [-0.25, -0.2) is 9.67 Å². The quantitative estimate of drug-likeness (QED) is 0.633. The van der Waals surface area contributed by atoms with Crippen LogP contribution in [0.5, 0.6) is 0 Å². The topological polar surface area (TPSA) is 92.1 Å². The monoisotopic (exact) mass is 430 g/mol. The van der Waals surface area contributed by atoms with Gasteiger partial charge in [0.15, 0.2) is 0 Å². The Balaban J connectivity index is 1.21. The minimum atomic E-state index is -0.0271. The highest BCUT2D eigenvalue weighted by molar-refractivity contribution is 7.99. The number of hydrogen-bond donors (Lipinski definition) is 1. The fraction of sp³-hybridized carbons (Fsp3) is 0.650. The van der Waals surface area contributed by atoms with Crippen LogP contribution in [0.3, 0.4) is 0 Å². The average molecular weight is 431 g/mol. The van der Waals surface area contributed by atoms with Gasteiger partial charge in [0, 0.05) is 38.9 Å². The maximum absolute atomic E-state index is 12.3. The first-order chi connectivity index (χ1) is 14.7. The molecular weight excluding hydrogens is 400 g/mol. The minimum absolute atomic E-state index is 0.0271. The molecule has 1 N–H and O–H groups in total. The second kappa shape index (κ2) is 10.2. The smallest absolute Gasteiger partial charge is 0.230 e. The minimum Gasteiger partial charge on any atom is -0.354 e. The zero-order valence-corrected chi connectivity index (χ0v) is 18.4. The molecule has 4 rings (SSSR count). The molecule has 0 spiro atoms. The van der Waals surface area contributed by atoms with E-state index in [1.165, 1.54) is 24.6 Å². The molecule has 1 saturated carbocycles. The molecule has 162 valence electrons. The Morgan fingerprint density at radius 2 is 2.00 bits per heavy atom. The van der Waals surface area contributed by atoms with E-state index in [0.717, 1.165) is 62.1 Å². The molecule has 2 aromatic heterocycles. The lowest BCUT2D eigenvalue weighted by molar-refractivity contribution is -0.118. The zero-order chi connectivity index (χ0) is 20.8. The van der Waals surface area contributed by atoms with Crippen molar-refractivity contribution in [3.8, 4) is 0 Å². The van der Waals surface area contributed by atoms with Crippen LogP contribution in [0.4, 0.5) is 5.82 Å². The number of anilines is 1. The van der Waals surface area contributed by atoms with Gasteiger partial charge in [-0.3, -0.25) is 4.79 Å². The summed E-state index contributed by atoms with van der Waals surface area (Å²) in [5, 5.41) is 15.7. The number of hydrogen-bond acceptors (Lipinski definition) is 8. The van der Waals surface area contributed by atoms with Crippen molar-refractivity contribution in [3.05, 3.63) is 23.9 Å². The lowest BCUT2D eigenvalue weighted by Gasteiger charge is -2.34. The van der Waals surface area contributed by atoms with Crippen molar-refractivity contribution >= 4 is 23.5 Å². The highest BCUT2D eigenvalue weighted by Gasteiger charge is 2.22. The summed E-state index contributed by atoms with van der Waals surface area (Å²) < 4.78 is 1.88. The fourth-order valence-corrected chi connectivity index (χ4v) is 4.82. The molecule has 1 aliphatic carbocycles. The molecule has 1 aliphatic heterocycles. The number of nitrogens with zero attached hydrogens (tertiary/aromatic N) is 7. The molecule has 2 fully saturated rings. The molecule has 0 bridgehead atoms. The third kappa shape index (κ3) is 5.28. The number of piperazine rings is 1. The van der Waals surface area contributed by atoms with Crippen LogP contribution in [0, 0.1) is 0 Å². The van der Waals surface area contributed by atoms with Gasteiger partial charge in [-0.1, -0.05) is 37.6 Å². The third-order valence-electron chi connectivity index (χ3n) is 5.91. The Kier molecular flexibility index (Phi) is 7.16. The van der Waals surface area contributed by atoms with E-state index >= 15 is 0 Å². The van der Waals surface area contributed by atoms with Gasteiger partial charge in [0.05, 0.1) is 11.8 Å². The molecule has 0 atom stereocenters. The molecule has 2 aliphatic rings. The van der Waals surface area contributed by atoms with Gasteiger partial charge in [-0.2, -0.15) is 0 Å². The van der Waals surface area contributed by atoms with Crippen LogP contribution < -0.4 is 10.2 Å². The average Bonchev–Trinajstić information content (AvgIpc) is 3.48. The van der Waals surface area contributed by atoms with Crippen molar-refractivity contribution in [1.29, 1.82) is 0 Å². The first kappa shape index (κ1) is 21.0. The molecule has 9 nitrogen and oxygen atoms in total. The molecule has 0 aromatic carbocycles. The molecule has 2 aromatic rings. The summed E-state index contributed by atoms with van der Waals surface area (Å²) in [6.07, 6.45) is 6.52. The van der Waals surface area contributed by atoms with Crippen molar-refractivity contribution in [3.63, 3.8) is 0 Å². The Labute approximate surface area is 181 Å². The number of tetrazole rings is 1. The maximum Gasteiger partial charge on any atom is 0.230 e. The standard InChI is InChI=1S/C20H30N8OS/c1-2-26-9-11-27(12-10-26)18-8-7-16(13-21-18)14-22-19(29)15-30-20-23-24-25-28(20)17-5-3-4-6-17/h7-8,13,17H,2-6,9-12,14-15H2,1H3,(H,22,29). The number of carbonyl (C=O) groups is 1. The van der Waals surface area contributed by atoms with Gasteiger partial charge in [0.2, 0.25) is 11.1 Å². The first-order valence-corrected chi connectivity index (χ1v) is 11.8. The van der Waals surface area contributed by atoms with Crippen molar-refractivity contribution in [2.24, 2.45) is 0 Å². The van der Waals surface area contributed by atoms with E-state index in [0.29, 0.717) is 18.3 Å². The number of rotatable bonds is 8. The number of nitrogens with one attached hydrogen (secondary N) is 1. The molecule has 30 heavy (non-hydrogen) atoms. The summed E-state index contributed by atoms with van der Waals surface area (Å²) >= 11 is 1.40. The van der Waals surface area contributed by atoms with E-state index in [-0.39, 0.29) is 5.91 Å². The van der Waals surface area contributed by atoms with Crippen molar-refractivity contribution < 1.29 is 4.79 Å². The van der Waals surface area contributed by atoms with Crippen LogP contribution in [-0.4, -0.2) is 74.5 Å². The summed E-state index contributed by atoms with van der Waals surface area (Å²) in [4.78, 5) is 21.6. The molecule has 1 saturated heterocycles. The Morgan fingerprint density at radius 1 is 1.20 bits per heavy atom. The Morgan fingerprint density at radius 3 is 2.70 bits per heavy atom. The van der Waals surface area contributed by atoms with E-state index < -0.39 is 0 Å². The van der Waals surface area contributed by atoms with Gasteiger partial charge in [-0.15, -0.1) is 5.10 Å². The Hall–Kier alpha value is -2.20. The van der Waals surface area contributed by atoms with E-state index in [1.807, 2.05) is 23.0 Å². The van der Waals surface area contributed by atoms with Gasteiger partial charge >= 0.3 is 0 Å². The molecular formula is C20H30N8OS. The normalized spacial score (nSPS) is 18.1. The van der Waals surface area contributed by atoms with Crippen molar-refractivity contribution in [2.45, 2.75) is 50.4 Å². The number of amides is 1. The molecule has 10 heteroatoms. The number of carbonyl (C=O) groups excluding carboxylic acids is 1. The number of pyridine rings is 1. The van der Waals surface area contributed by atoms with Gasteiger partial charge < -0.3 is 15.1 Å². The van der Waals surface area contributed by atoms with Gasteiger partial charge in [-0.05, 0) is 41.4 Å². The zero-order valence-electron chi connectivity index (χ0n) is 17.5. The largest absolute Gasteiger partial charge is 0.354 e. The van der Waals surface area contributed by atoms with E-state index in [4.69, 9.17) is 0 Å². The summed E-state index contributed by atoms with van der Waals surface area (Å²) in [6, 6.07) is 4.47. The molecule has 3 heterocycles. The highest BCUT2D eigenvalue weighted by atomic mass is 32.2. The molecule has 0 radical (unpaired) electrons. The maximum atomic E-state index is 12.3. The Bertz CT molecular complexity index is 812. The van der Waals surface area contributed by atoms with Crippen LogP contribution in [0.1, 0.15) is 44.2 Å². The van der Waals surface area contributed by atoms with Crippen LogP contribution in [0.25, 0.3) is 0 Å². The van der Waals surface area contributed by atoms with Gasteiger partial charge in [0.1, 0.15) is 5.82 Å². The third-order valence-corrected chi connectivity index (χ3v) is 6.84. The van der Waals surface area contributed by atoms with E-state index in [2.05, 4.69) is 42.5 Å². The van der Waals surface area contributed by atoms with E-state index in [9.17, 15) is 4.79 Å². The second-order valence-electron chi connectivity index (χ2n) is 7.86. The predicted octanol–water partition coefficient (Wildman–Crippen LogP) is 1.73. The SMILES string of the molecule is CCN1CCN(c2ccc(CNC(=O)CSc3nnnn3C3CCCC3)cn2)CC1. The number of likely N-dealkylation sites (N-methyl/N-ethyl adjacent to an activating group) is 1. The second-order valence-corrected chi connectivity index (χ2v) is 8.80. The van der Waals surface area contributed by atoms with Gasteiger partial charge in [0.25, 0.3) is 0 Å². The van der Waals surface area contributed by atoms with Crippen molar-refractivity contribution in [2.75, 3.05) is 43.4 Å². The molecule has 0 unspecified atom stereocenters.